The first-order valence-corrected chi connectivity index (χ1v) is 8.35. The van der Waals surface area contributed by atoms with E-state index in [1.807, 2.05) is 23.1 Å². The Morgan fingerprint density at radius 2 is 2.00 bits per heavy atom. The number of rotatable bonds is 4. The molecule has 0 aromatic heterocycles. The number of ether oxygens (including phenoxy) is 2. The Bertz CT molecular complexity index is 557. The maximum absolute atomic E-state index is 12.7. The smallest absolute Gasteiger partial charge is 0.227 e. The van der Waals surface area contributed by atoms with Crippen molar-refractivity contribution in [2.75, 3.05) is 40.4 Å². The number of nitrogens with zero attached hydrogens (tertiary/aromatic N) is 1. The zero-order chi connectivity index (χ0) is 16.3. The fourth-order valence-electron chi connectivity index (χ4n) is 3.75. The molecule has 1 aromatic carbocycles. The van der Waals surface area contributed by atoms with Crippen LogP contribution < -0.4 is 14.8 Å². The van der Waals surface area contributed by atoms with Gasteiger partial charge in [0.2, 0.25) is 5.91 Å². The zero-order valence-electron chi connectivity index (χ0n) is 14.1. The van der Waals surface area contributed by atoms with Crippen molar-refractivity contribution in [3.05, 3.63) is 23.8 Å². The summed E-state index contributed by atoms with van der Waals surface area (Å²) in [5.74, 6) is 1.67. The van der Waals surface area contributed by atoms with Gasteiger partial charge in [-0.2, -0.15) is 0 Å². The monoisotopic (exact) mass is 318 g/mol. The topological polar surface area (TPSA) is 50.8 Å². The molecule has 2 fully saturated rings. The Kier molecular flexibility index (Phi) is 4.76. The molecule has 1 amide bonds. The van der Waals surface area contributed by atoms with Gasteiger partial charge in [0.05, 0.1) is 20.6 Å². The molecule has 2 aliphatic rings. The van der Waals surface area contributed by atoms with Crippen molar-refractivity contribution in [2.45, 2.75) is 25.7 Å². The number of piperidine rings is 1. The highest BCUT2D eigenvalue weighted by molar-refractivity contribution is 5.79. The van der Waals surface area contributed by atoms with E-state index in [1.54, 1.807) is 14.2 Å². The molecule has 0 unspecified atom stereocenters. The molecule has 0 radical (unpaired) electrons. The van der Waals surface area contributed by atoms with E-state index in [1.165, 1.54) is 6.42 Å². The summed E-state index contributed by atoms with van der Waals surface area (Å²) in [7, 11) is 3.26. The number of carbonyl (C=O) groups excluding carboxylic acids is 1. The lowest BCUT2D eigenvalue weighted by molar-refractivity contribution is -0.132. The number of nitrogens with one attached hydrogen (secondary N) is 1. The standard InChI is InChI=1S/C18H26N2O3/c1-22-15-3-4-16(23-2)14(11-15)12-17(21)20-9-6-18(7-10-20)5-8-19-13-18/h3-4,11,19H,5-10,12-13H2,1-2H3. The van der Waals surface area contributed by atoms with Gasteiger partial charge in [0.15, 0.2) is 0 Å². The third kappa shape index (κ3) is 3.44. The largest absolute Gasteiger partial charge is 0.497 e. The number of benzene rings is 1. The van der Waals surface area contributed by atoms with Gasteiger partial charge in [-0.3, -0.25) is 4.79 Å². The van der Waals surface area contributed by atoms with E-state index < -0.39 is 0 Å². The Labute approximate surface area is 137 Å². The van der Waals surface area contributed by atoms with Crippen LogP contribution in [-0.2, 0) is 11.2 Å². The van der Waals surface area contributed by atoms with Crippen LogP contribution in [-0.4, -0.2) is 51.2 Å². The van der Waals surface area contributed by atoms with Crippen molar-refractivity contribution in [1.29, 1.82) is 0 Å². The van der Waals surface area contributed by atoms with Crippen LogP contribution in [0.5, 0.6) is 11.5 Å². The van der Waals surface area contributed by atoms with Crippen LogP contribution in [0.2, 0.25) is 0 Å². The minimum Gasteiger partial charge on any atom is -0.497 e. The molecule has 3 rings (SSSR count). The van der Waals surface area contributed by atoms with Crippen LogP contribution in [0, 0.1) is 5.41 Å². The average Bonchev–Trinajstić information content (AvgIpc) is 3.03. The molecule has 23 heavy (non-hydrogen) atoms. The van der Waals surface area contributed by atoms with Gasteiger partial charge in [-0.15, -0.1) is 0 Å². The summed E-state index contributed by atoms with van der Waals surface area (Å²) in [6.45, 7) is 3.97. The highest BCUT2D eigenvalue weighted by Crippen LogP contribution is 2.37. The number of amides is 1. The van der Waals surface area contributed by atoms with Gasteiger partial charge in [-0.1, -0.05) is 0 Å². The predicted molar refractivity (Wildman–Crippen MR) is 89.0 cm³/mol. The molecule has 0 aliphatic carbocycles. The van der Waals surface area contributed by atoms with Gasteiger partial charge >= 0.3 is 0 Å². The molecule has 0 saturated carbocycles. The van der Waals surface area contributed by atoms with Gasteiger partial charge in [-0.25, -0.2) is 0 Å². The van der Waals surface area contributed by atoms with Crippen LogP contribution in [0.1, 0.15) is 24.8 Å². The van der Waals surface area contributed by atoms with E-state index in [9.17, 15) is 4.79 Å². The Morgan fingerprint density at radius 1 is 1.22 bits per heavy atom. The van der Waals surface area contributed by atoms with E-state index in [2.05, 4.69) is 5.32 Å². The molecule has 2 saturated heterocycles. The Hall–Kier alpha value is -1.75. The third-order valence-corrected chi connectivity index (χ3v) is 5.34. The number of likely N-dealkylation sites (tertiary alicyclic amines) is 1. The lowest BCUT2D eigenvalue weighted by Crippen LogP contribution is -2.44. The summed E-state index contributed by atoms with van der Waals surface area (Å²) in [4.78, 5) is 14.7. The van der Waals surface area contributed by atoms with Gasteiger partial charge < -0.3 is 19.7 Å². The van der Waals surface area contributed by atoms with Crippen LogP contribution >= 0.6 is 0 Å². The summed E-state index contributed by atoms with van der Waals surface area (Å²) in [6, 6.07) is 5.60. The highest BCUT2D eigenvalue weighted by Gasteiger charge is 2.38. The summed E-state index contributed by atoms with van der Waals surface area (Å²) >= 11 is 0. The predicted octanol–water partition coefficient (Wildman–Crippen LogP) is 1.85. The number of methoxy groups -OCH3 is 2. The lowest BCUT2D eigenvalue weighted by atomic mass is 9.78. The van der Waals surface area contributed by atoms with Crippen molar-refractivity contribution < 1.29 is 14.3 Å². The fourth-order valence-corrected chi connectivity index (χ4v) is 3.75. The fraction of sp³-hybridized carbons (Fsp3) is 0.611. The van der Waals surface area contributed by atoms with Gasteiger partial charge in [0.1, 0.15) is 11.5 Å². The molecular formula is C18H26N2O3. The second kappa shape index (κ2) is 6.79. The quantitative estimate of drug-likeness (QED) is 0.920. The maximum Gasteiger partial charge on any atom is 0.227 e. The van der Waals surface area contributed by atoms with Crippen LogP contribution in [0.3, 0.4) is 0 Å². The van der Waals surface area contributed by atoms with Crippen molar-refractivity contribution >= 4 is 5.91 Å². The minimum atomic E-state index is 0.178. The molecule has 5 heteroatoms. The summed E-state index contributed by atoms with van der Waals surface area (Å²) < 4.78 is 10.6. The molecule has 0 atom stereocenters. The molecule has 1 N–H and O–H groups in total. The van der Waals surface area contributed by atoms with Gasteiger partial charge in [-0.05, 0) is 49.4 Å². The summed E-state index contributed by atoms with van der Waals surface area (Å²) in [5.41, 5.74) is 1.32. The van der Waals surface area contributed by atoms with Crippen molar-refractivity contribution in [2.24, 2.45) is 5.41 Å². The Morgan fingerprint density at radius 3 is 2.61 bits per heavy atom. The normalized spacial score (nSPS) is 19.8. The first-order chi connectivity index (χ1) is 11.2. The molecule has 5 nitrogen and oxygen atoms in total. The first kappa shape index (κ1) is 16.1. The molecule has 2 aliphatic heterocycles. The van der Waals surface area contributed by atoms with E-state index >= 15 is 0 Å². The maximum atomic E-state index is 12.7. The second-order valence-electron chi connectivity index (χ2n) is 6.66. The molecular weight excluding hydrogens is 292 g/mol. The second-order valence-corrected chi connectivity index (χ2v) is 6.66. The third-order valence-electron chi connectivity index (χ3n) is 5.34. The average molecular weight is 318 g/mol. The summed E-state index contributed by atoms with van der Waals surface area (Å²) in [6.07, 6.45) is 3.84. The number of hydrogen-bond donors (Lipinski definition) is 1. The number of carbonyl (C=O) groups is 1. The first-order valence-electron chi connectivity index (χ1n) is 8.35. The minimum absolute atomic E-state index is 0.178. The van der Waals surface area contributed by atoms with E-state index in [0.717, 1.165) is 56.1 Å². The SMILES string of the molecule is COc1ccc(OC)c(CC(=O)N2CCC3(CCNC3)CC2)c1. The molecule has 1 aromatic rings. The van der Waals surface area contributed by atoms with Crippen molar-refractivity contribution in [3.63, 3.8) is 0 Å². The molecule has 2 heterocycles. The zero-order valence-corrected chi connectivity index (χ0v) is 14.1. The molecule has 126 valence electrons. The lowest BCUT2D eigenvalue weighted by Gasteiger charge is -2.39. The van der Waals surface area contributed by atoms with Crippen molar-refractivity contribution in [3.8, 4) is 11.5 Å². The molecule has 0 bridgehead atoms. The van der Waals surface area contributed by atoms with Crippen LogP contribution in [0.15, 0.2) is 18.2 Å². The van der Waals surface area contributed by atoms with Crippen LogP contribution in [0.4, 0.5) is 0 Å². The van der Waals surface area contributed by atoms with Crippen LogP contribution in [0.25, 0.3) is 0 Å². The Balaban J connectivity index is 1.63. The highest BCUT2D eigenvalue weighted by atomic mass is 16.5. The van der Waals surface area contributed by atoms with Gasteiger partial charge in [0.25, 0.3) is 0 Å². The van der Waals surface area contributed by atoms with E-state index in [4.69, 9.17) is 9.47 Å². The van der Waals surface area contributed by atoms with Gasteiger partial charge in [0, 0.05) is 25.2 Å². The van der Waals surface area contributed by atoms with E-state index in [-0.39, 0.29) is 5.91 Å². The molecule has 1 spiro atoms. The number of hydrogen-bond acceptors (Lipinski definition) is 4. The van der Waals surface area contributed by atoms with Crippen molar-refractivity contribution in [1.82, 2.24) is 10.2 Å². The van der Waals surface area contributed by atoms with E-state index in [0.29, 0.717) is 11.8 Å². The summed E-state index contributed by atoms with van der Waals surface area (Å²) in [5, 5.41) is 3.46.